The van der Waals surface area contributed by atoms with Crippen LogP contribution in [0.25, 0.3) is 0 Å². The minimum atomic E-state index is -1.68. The molecular weight excluding hydrogens is 562 g/mol. The second-order valence-electron chi connectivity index (χ2n) is 12.1. The maximum atomic E-state index is 13.5. The van der Waals surface area contributed by atoms with Crippen molar-refractivity contribution in [2.45, 2.75) is 111 Å². The lowest BCUT2D eigenvalue weighted by atomic mass is 9.97. The van der Waals surface area contributed by atoms with E-state index in [1.807, 2.05) is 20.8 Å². The zero-order valence-electron chi connectivity index (χ0n) is 26.1. The SMILES string of the molecule is CCC(C)[C@H](NC(=O)CC(C)C)C(=O)N[C@@H](CC(=O)N1CCCC1)C(=O)N[C@@H](CC(=O)O)C(=O)N[C@@H](CC(C)C)C(=O)O. The number of carboxylic acid groups (broad SMARTS) is 2. The smallest absolute Gasteiger partial charge is 0.326 e. The predicted molar refractivity (Wildman–Crippen MR) is 156 cm³/mol. The van der Waals surface area contributed by atoms with E-state index in [9.17, 15) is 43.8 Å². The summed E-state index contributed by atoms with van der Waals surface area (Å²) in [6.45, 7) is 11.8. The minimum absolute atomic E-state index is 0.0378. The van der Waals surface area contributed by atoms with Gasteiger partial charge in [-0.3, -0.25) is 28.8 Å². The van der Waals surface area contributed by atoms with Gasteiger partial charge in [0.2, 0.25) is 29.5 Å². The Balaban J connectivity index is 3.26. The van der Waals surface area contributed by atoms with Gasteiger partial charge in [-0.05, 0) is 37.0 Å². The minimum Gasteiger partial charge on any atom is -0.481 e. The Morgan fingerprint density at radius 1 is 0.674 bits per heavy atom. The van der Waals surface area contributed by atoms with Gasteiger partial charge in [0.1, 0.15) is 24.2 Å². The van der Waals surface area contributed by atoms with Gasteiger partial charge in [0.15, 0.2) is 0 Å². The van der Waals surface area contributed by atoms with Crippen LogP contribution in [0.2, 0.25) is 0 Å². The third kappa shape index (κ3) is 13.4. The molecule has 0 spiro atoms. The second kappa shape index (κ2) is 18.1. The summed E-state index contributed by atoms with van der Waals surface area (Å²) in [7, 11) is 0. The van der Waals surface area contributed by atoms with Crippen LogP contribution in [-0.4, -0.2) is 93.8 Å². The van der Waals surface area contributed by atoms with Gasteiger partial charge >= 0.3 is 11.9 Å². The molecule has 0 saturated carbocycles. The van der Waals surface area contributed by atoms with Gasteiger partial charge in [-0.1, -0.05) is 48.0 Å². The number of hydrogen-bond acceptors (Lipinski definition) is 7. The van der Waals surface area contributed by atoms with E-state index < -0.39 is 72.6 Å². The standard InChI is InChI=1S/C29H49N5O9/c1-7-18(6)25(33-22(35)13-17(4)5)28(41)31-19(14-23(36)34-10-8-9-11-34)26(39)30-20(15-24(37)38)27(40)32-21(29(42)43)12-16(2)3/h16-21,25H,7-15H2,1-6H3,(H,30,39)(H,31,41)(H,32,40)(H,33,35)(H,37,38)(H,42,43)/t18?,19-,20-,21-,25-/m0/s1. The number of carboxylic acids is 2. The zero-order chi connectivity index (χ0) is 32.9. The molecule has 1 heterocycles. The highest BCUT2D eigenvalue weighted by atomic mass is 16.4. The van der Waals surface area contributed by atoms with E-state index in [-0.39, 0.29) is 36.5 Å². The Bertz CT molecular complexity index is 1010. The summed E-state index contributed by atoms with van der Waals surface area (Å²) in [5.74, 6) is -6.64. The van der Waals surface area contributed by atoms with Crippen molar-refractivity contribution >= 4 is 41.5 Å². The summed E-state index contributed by atoms with van der Waals surface area (Å²) in [5, 5.41) is 28.7. The predicted octanol–water partition coefficient (Wildman–Crippen LogP) is 0.636. The number of nitrogens with one attached hydrogen (secondary N) is 4. The monoisotopic (exact) mass is 611 g/mol. The molecule has 43 heavy (non-hydrogen) atoms. The molecule has 1 unspecified atom stereocenters. The maximum absolute atomic E-state index is 13.5. The van der Waals surface area contributed by atoms with Gasteiger partial charge < -0.3 is 36.4 Å². The fourth-order valence-corrected chi connectivity index (χ4v) is 4.67. The van der Waals surface area contributed by atoms with Gasteiger partial charge in [0.05, 0.1) is 12.8 Å². The van der Waals surface area contributed by atoms with Crippen LogP contribution < -0.4 is 21.3 Å². The van der Waals surface area contributed by atoms with E-state index in [1.54, 1.807) is 25.7 Å². The number of hydrogen-bond donors (Lipinski definition) is 6. The zero-order valence-corrected chi connectivity index (χ0v) is 26.1. The van der Waals surface area contributed by atoms with Crippen LogP contribution >= 0.6 is 0 Å². The number of rotatable bonds is 18. The third-order valence-electron chi connectivity index (χ3n) is 7.21. The van der Waals surface area contributed by atoms with Crippen LogP contribution in [0.15, 0.2) is 0 Å². The van der Waals surface area contributed by atoms with Crippen LogP contribution in [0.4, 0.5) is 0 Å². The molecule has 6 N–H and O–H groups in total. The lowest BCUT2D eigenvalue weighted by Crippen LogP contribution is -2.59. The van der Waals surface area contributed by atoms with E-state index in [0.29, 0.717) is 19.5 Å². The molecule has 14 heteroatoms. The molecule has 5 amide bonds. The van der Waals surface area contributed by atoms with Crippen molar-refractivity contribution in [3.8, 4) is 0 Å². The summed E-state index contributed by atoms with van der Waals surface area (Å²) in [5.41, 5.74) is 0. The Morgan fingerprint density at radius 2 is 1.19 bits per heavy atom. The van der Waals surface area contributed by atoms with E-state index >= 15 is 0 Å². The highest BCUT2D eigenvalue weighted by Crippen LogP contribution is 2.14. The number of likely N-dealkylation sites (tertiary alicyclic amines) is 1. The highest BCUT2D eigenvalue weighted by molar-refractivity contribution is 5.98. The van der Waals surface area contributed by atoms with Crippen molar-refractivity contribution in [2.75, 3.05) is 13.1 Å². The number of amides is 5. The molecule has 1 rings (SSSR count). The molecule has 5 atom stereocenters. The molecule has 244 valence electrons. The average Bonchev–Trinajstić information content (AvgIpc) is 3.44. The van der Waals surface area contributed by atoms with E-state index in [1.165, 1.54) is 0 Å². The lowest BCUT2D eigenvalue weighted by Gasteiger charge is -2.28. The first-order valence-electron chi connectivity index (χ1n) is 15.0. The second-order valence-corrected chi connectivity index (χ2v) is 12.1. The van der Waals surface area contributed by atoms with Crippen molar-refractivity contribution in [1.82, 2.24) is 26.2 Å². The highest BCUT2D eigenvalue weighted by Gasteiger charge is 2.35. The van der Waals surface area contributed by atoms with Crippen LogP contribution in [0, 0.1) is 17.8 Å². The summed E-state index contributed by atoms with van der Waals surface area (Å²) in [4.78, 5) is 90.2. The number of carbonyl (C=O) groups is 7. The van der Waals surface area contributed by atoms with E-state index in [0.717, 1.165) is 12.8 Å². The van der Waals surface area contributed by atoms with Gasteiger partial charge in [0, 0.05) is 19.5 Å². The molecule has 1 fully saturated rings. The Morgan fingerprint density at radius 3 is 1.65 bits per heavy atom. The first-order valence-corrected chi connectivity index (χ1v) is 15.0. The summed E-state index contributed by atoms with van der Waals surface area (Å²) < 4.78 is 0. The molecule has 0 radical (unpaired) electrons. The van der Waals surface area contributed by atoms with Crippen LogP contribution in [0.5, 0.6) is 0 Å². The molecular formula is C29H49N5O9. The Kier molecular flexibility index (Phi) is 15.7. The molecule has 0 bridgehead atoms. The van der Waals surface area contributed by atoms with Gasteiger partial charge in [-0.25, -0.2) is 4.79 Å². The number of nitrogens with zero attached hydrogens (tertiary/aromatic N) is 1. The molecule has 0 aromatic heterocycles. The van der Waals surface area contributed by atoms with Gasteiger partial charge in [-0.15, -0.1) is 0 Å². The van der Waals surface area contributed by atoms with Crippen molar-refractivity contribution in [3.05, 3.63) is 0 Å². The van der Waals surface area contributed by atoms with Crippen LogP contribution in [-0.2, 0) is 33.6 Å². The number of aliphatic carboxylic acids is 2. The van der Waals surface area contributed by atoms with Crippen molar-refractivity contribution in [2.24, 2.45) is 17.8 Å². The summed E-state index contributed by atoms with van der Waals surface area (Å²) >= 11 is 0. The van der Waals surface area contributed by atoms with Crippen LogP contribution in [0.1, 0.15) is 86.5 Å². The van der Waals surface area contributed by atoms with Gasteiger partial charge in [-0.2, -0.15) is 0 Å². The molecule has 14 nitrogen and oxygen atoms in total. The van der Waals surface area contributed by atoms with Gasteiger partial charge in [0.25, 0.3) is 0 Å². The first kappa shape index (κ1) is 37.3. The van der Waals surface area contributed by atoms with Crippen LogP contribution in [0.3, 0.4) is 0 Å². The molecule has 1 saturated heterocycles. The molecule has 1 aliphatic heterocycles. The Labute approximate surface area is 253 Å². The Hall–Kier alpha value is -3.71. The molecule has 0 aliphatic carbocycles. The summed E-state index contributed by atoms with van der Waals surface area (Å²) in [6.07, 6.45) is 1.01. The normalized spacial score (nSPS) is 16.5. The first-order chi connectivity index (χ1) is 20.0. The van der Waals surface area contributed by atoms with Crippen molar-refractivity contribution < 1.29 is 43.8 Å². The number of carbonyl (C=O) groups excluding carboxylic acids is 5. The molecule has 1 aliphatic rings. The fraction of sp³-hybridized carbons (Fsp3) is 0.759. The average molecular weight is 612 g/mol. The third-order valence-corrected chi connectivity index (χ3v) is 7.21. The summed E-state index contributed by atoms with van der Waals surface area (Å²) in [6, 6.07) is -5.52. The quantitative estimate of drug-likeness (QED) is 0.128. The largest absolute Gasteiger partial charge is 0.481 e. The van der Waals surface area contributed by atoms with E-state index in [4.69, 9.17) is 0 Å². The molecule has 0 aromatic carbocycles. The van der Waals surface area contributed by atoms with E-state index in [2.05, 4.69) is 21.3 Å². The lowest BCUT2D eigenvalue weighted by molar-refractivity contribution is -0.144. The topological polar surface area (TPSA) is 211 Å². The van der Waals surface area contributed by atoms with Crippen molar-refractivity contribution in [3.63, 3.8) is 0 Å². The maximum Gasteiger partial charge on any atom is 0.326 e. The van der Waals surface area contributed by atoms with Crippen molar-refractivity contribution in [1.29, 1.82) is 0 Å². The fourth-order valence-electron chi connectivity index (χ4n) is 4.67. The molecule has 0 aromatic rings.